The van der Waals surface area contributed by atoms with E-state index in [1.54, 1.807) is 30.2 Å². The third-order valence-corrected chi connectivity index (χ3v) is 4.37. The summed E-state index contributed by atoms with van der Waals surface area (Å²) in [5.74, 6) is 0.501. The molecule has 0 saturated carbocycles. The van der Waals surface area contributed by atoms with Crippen molar-refractivity contribution >= 4 is 35.3 Å². The molecule has 1 saturated heterocycles. The fourth-order valence-electron chi connectivity index (χ4n) is 2.13. The topological polar surface area (TPSA) is 77.1 Å². The molecule has 172 valence electrons. The second kappa shape index (κ2) is 15.2. The number of esters is 1. The Hall–Kier alpha value is -1.70. The number of halogens is 2. The van der Waals surface area contributed by atoms with Gasteiger partial charge in [-0.2, -0.15) is 0 Å². The Morgan fingerprint density at radius 2 is 1.70 bits per heavy atom. The molecule has 1 heterocycles. The second-order valence-corrected chi connectivity index (χ2v) is 8.13. The highest BCUT2D eigenvalue weighted by Gasteiger charge is 2.23. The van der Waals surface area contributed by atoms with E-state index in [4.69, 9.17) is 32.7 Å². The lowest BCUT2D eigenvalue weighted by Gasteiger charge is -2.23. The minimum atomic E-state index is -0.361. The van der Waals surface area contributed by atoms with Gasteiger partial charge in [-0.15, -0.1) is 0 Å². The lowest BCUT2D eigenvalue weighted by atomic mass is 10.2. The average molecular weight is 465 g/mol. The minimum Gasteiger partial charge on any atom is -0.497 e. The summed E-state index contributed by atoms with van der Waals surface area (Å²) in [7, 11) is 2.96. The number of likely N-dealkylation sites (N-methyl/N-ethyl adjacent to an activating group) is 1. The van der Waals surface area contributed by atoms with Crippen LogP contribution in [0.1, 0.15) is 40.5 Å². The molecule has 9 heteroatoms. The molecule has 0 spiro atoms. The van der Waals surface area contributed by atoms with Crippen molar-refractivity contribution in [1.82, 2.24) is 10.2 Å². The highest BCUT2D eigenvalue weighted by atomic mass is 35.5. The summed E-state index contributed by atoms with van der Waals surface area (Å²) in [6.07, 6.45) is 2.05. The number of carbonyl (C=O) groups is 2. The second-order valence-electron chi connectivity index (χ2n) is 7.31. The number of nitrogens with one attached hydrogen (secondary N) is 1. The number of nitrogens with zero attached hydrogens (tertiary/aromatic N) is 1. The van der Waals surface area contributed by atoms with Gasteiger partial charge >= 0.3 is 12.1 Å². The Kier molecular flexibility index (Phi) is 14.3. The highest BCUT2D eigenvalue weighted by Crippen LogP contribution is 2.25. The van der Waals surface area contributed by atoms with Crippen LogP contribution in [0.15, 0.2) is 18.2 Å². The Bertz CT molecular complexity index is 645. The minimum absolute atomic E-state index is 0.167. The Balaban J connectivity index is 0.000000431. The largest absolute Gasteiger partial charge is 0.497 e. The lowest BCUT2D eigenvalue weighted by Crippen LogP contribution is -2.34. The summed E-state index contributed by atoms with van der Waals surface area (Å²) in [5.41, 5.74) is -0.361. The molecule has 1 aliphatic rings. The van der Waals surface area contributed by atoms with Crippen LogP contribution in [-0.4, -0.2) is 63.0 Å². The number of benzene rings is 1. The van der Waals surface area contributed by atoms with E-state index in [-0.39, 0.29) is 17.7 Å². The van der Waals surface area contributed by atoms with Gasteiger partial charge in [0.1, 0.15) is 11.4 Å². The summed E-state index contributed by atoms with van der Waals surface area (Å²) < 4.78 is 14.5. The van der Waals surface area contributed by atoms with E-state index in [1.807, 2.05) is 27.7 Å². The van der Waals surface area contributed by atoms with Crippen molar-refractivity contribution in [3.8, 4) is 5.75 Å². The average Bonchev–Trinajstić information content (AvgIpc) is 3.23. The van der Waals surface area contributed by atoms with E-state index in [1.165, 1.54) is 7.11 Å². The van der Waals surface area contributed by atoms with E-state index in [0.29, 0.717) is 16.6 Å². The molecule has 0 aliphatic carbocycles. The molecule has 2 rings (SSSR count). The standard InChI is InChI=1S/C9H17NO2.C7H6Cl2O.C5H11NO2/c1-9(2,3)12-8(11)10-6-4-5-7-10;1-10-5-2-3-6(8)7(9)4-5;1-3-6-4-5(7)8-2/h4-7H2,1-3H3;2-4H,1H3;6H,3-4H2,1-2H3. The summed E-state index contributed by atoms with van der Waals surface area (Å²) >= 11 is 11.3. The van der Waals surface area contributed by atoms with Crippen molar-refractivity contribution in [2.45, 2.75) is 46.1 Å². The van der Waals surface area contributed by atoms with Crippen molar-refractivity contribution in [3.05, 3.63) is 28.2 Å². The maximum absolute atomic E-state index is 11.4. The van der Waals surface area contributed by atoms with Gasteiger partial charge in [0.25, 0.3) is 0 Å². The molecular weight excluding hydrogens is 431 g/mol. The first-order valence-electron chi connectivity index (χ1n) is 9.78. The fraction of sp³-hybridized carbons (Fsp3) is 0.619. The maximum Gasteiger partial charge on any atom is 0.410 e. The third-order valence-electron chi connectivity index (χ3n) is 3.63. The number of carbonyl (C=O) groups excluding carboxylic acids is 2. The van der Waals surface area contributed by atoms with Gasteiger partial charge in [-0.05, 0) is 52.3 Å². The van der Waals surface area contributed by atoms with Gasteiger partial charge in [0.2, 0.25) is 0 Å². The first-order chi connectivity index (χ1) is 14.0. The zero-order valence-electron chi connectivity index (χ0n) is 18.7. The quantitative estimate of drug-likeness (QED) is 0.645. The summed E-state index contributed by atoms with van der Waals surface area (Å²) in [4.78, 5) is 23.4. The lowest BCUT2D eigenvalue weighted by molar-refractivity contribution is -0.139. The molecule has 1 aliphatic heterocycles. The molecule has 0 unspecified atom stereocenters. The molecule has 30 heavy (non-hydrogen) atoms. The third kappa shape index (κ3) is 13.5. The van der Waals surface area contributed by atoms with Crippen molar-refractivity contribution in [3.63, 3.8) is 0 Å². The van der Waals surface area contributed by atoms with Crippen LogP contribution >= 0.6 is 23.2 Å². The van der Waals surface area contributed by atoms with Gasteiger partial charge in [-0.1, -0.05) is 30.1 Å². The normalized spacial score (nSPS) is 12.7. The molecule has 0 bridgehead atoms. The predicted molar refractivity (Wildman–Crippen MR) is 121 cm³/mol. The Morgan fingerprint density at radius 1 is 1.10 bits per heavy atom. The molecule has 0 aromatic heterocycles. The molecule has 0 radical (unpaired) electrons. The Morgan fingerprint density at radius 3 is 2.13 bits per heavy atom. The van der Waals surface area contributed by atoms with E-state index >= 15 is 0 Å². The van der Waals surface area contributed by atoms with Crippen LogP contribution in [0.3, 0.4) is 0 Å². The molecule has 1 N–H and O–H groups in total. The van der Waals surface area contributed by atoms with Gasteiger partial charge in [0, 0.05) is 19.2 Å². The number of likely N-dealkylation sites (tertiary alicyclic amines) is 1. The van der Waals surface area contributed by atoms with Crippen LogP contribution in [0.2, 0.25) is 10.0 Å². The number of rotatable bonds is 4. The summed E-state index contributed by atoms with van der Waals surface area (Å²) in [6, 6.07) is 5.13. The molecule has 1 aromatic rings. The Labute approximate surface area is 189 Å². The fourth-order valence-corrected chi connectivity index (χ4v) is 2.42. The predicted octanol–water partition coefficient (Wildman–Crippen LogP) is 4.79. The van der Waals surface area contributed by atoms with Crippen molar-refractivity contribution in [2.75, 3.05) is 40.4 Å². The van der Waals surface area contributed by atoms with E-state index in [2.05, 4.69) is 10.1 Å². The maximum atomic E-state index is 11.4. The smallest absolute Gasteiger partial charge is 0.410 e. The van der Waals surface area contributed by atoms with Crippen LogP contribution < -0.4 is 10.1 Å². The van der Waals surface area contributed by atoms with E-state index < -0.39 is 0 Å². The van der Waals surface area contributed by atoms with Crippen LogP contribution in [0.4, 0.5) is 4.79 Å². The SMILES string of the molecule is CC(C)(C)OC(=O)N1CCCC1.CCNCC(=O)OC.COc1ccc(Cl)c(Cl)c1. The van der Waals surface area contributed by atoms with Crippen molar-refractivity contribution in [1.29, 1.82) is 0 Å². The first kappa shape index (κ1) is 28.3. The van der Waals surface area contributed by atoms with E-state index in [9.17, 15) is 9.59 Å². The molecule has 7 nitrogen and oxygen atoms in total. The summed E-state index contributed by atoms with van der Waals surface area (Å²) in [5, 5.41) is 3.88. The molecule has 1 amide bonds. The van der Waals surface area contributed by atoms with Crippen LogP contribution in [-0.2, 0) is 14.3 Å². The number of ether oxygens (including phenoxy) is 3. The molecular formula is C21H34Cl2N2O5. The zero-order chi connectivity index (χ0) is 23.2. The zero-order valence-corrected chi connectivity index (χ0v) is 20.2. The number of methoxy groups -OCH3 is 2. The van der Waals surface area contributed by atoms with Gasteiger partial charge in [0.05, 0.1) is 30.8 Å². The molecule has 0 atom stereocenters. The van der Waals surface area contributed by atoms with Gasteiger partial charge in [-0.3, -0.25) is 4.79 Å². The summed E-state index contributed by atoms with van der Waals surface area (Å²) in [6.45, 7) is 10.4. The monoisotopic (exact) mass is 464 g/mol. The van der Waals surface area contributed by atoms with Gasteiger partial charge < -0.3 is 24.4 Å². The first-order valence-corrected chi connectivity index (χ1v) is 10.5. The van der Waals surface area contributed by atoms with Crippen LogP contribution in [0.25, 0.3) is 0 Å². The van der Waals surface area contributed by atoms with E-state index in [0.717, 1.165) is 38.2 Å². The highest BCUT2D eigenvalue weighted by molar-refractivity contribution is 6.42. The van der Waals surface area contributed by atoms with Crippen LogP contribution in [0.5, 0.6) is 5.75 Å². The number of amides is 1. The molecule has 1 fully saturated rings. The van der Waals surface area contributed by atoms with Gasteiger partial charge in [0.15, 0.2) is 0 Å². The van der Waals surface area contributed by atoms with Crippen molar-refractivity contribution < 1.29 is 23.8 Å². The molecule has 1 aromatic carbocycles. The van der Waals surface area contributed by atoms with Crippen LogP contribution in [0, 0.1) is 0 Å². The van der Waals surface area contributed by atoms with Gasteiger partial charge in [-0.25, -0.2) is 4.79 Å². The number of hydrogen-bond acceptors (Lipinski definition) is 6. The van der Waals surface area contributed by atoms with Crippen molar-refractivity contribution in [2.24, 2.45) is 0 Å². The number of hydrogen-bond donors (Lipinski definition) is 1.